The van der Waals surface area contributed by atoms with Crippen molar-refractivity contribution in [3.63, 3.8) is 0 Å². The summed E-state index contributed by atoms with van der Waals surface area (Å²) in [4.78, 5) is 14.7. The van der Waals surface area contributed by atoms with E-state index in [0.29, 0.717) is 30.3 Å². The lowest BCUT2D eigenvalue weighted by Crippen LogP contribution is -2.07. The molecule has 7 nitrogen and oxygen atoms in total. The number of methoxy groups -OCH3 is 1. The highest BCUT2D eigenvalue weighted by Gasteiger charge is 2.30. The highest BCUT2D eigenvalue weighted by Crippen LogP contribution is 2.29. The summed E-state index contributed by atoms with van der Waals surface area (Å²) in [7, 11) is 1.54. The summed E-state index contributed by atoms with van der Waals surface area (Å²) in [5.74, 6) is 0.869. The Bertz CT molecular complexity index is 1160. The van der Waals surface area contributed by atoms with Crippen LogP contribution in [0.1, 0.15) is 61.4 Å². The van der Waals surface area contributed by atoms with Crippen LogP contribution in [0.25, 0.3) is 5.82 Å². The highest BCUT2D eigenvalue weighted by atomic mass is 19.4. The van der Waals surface area contributed by atoms with Gasteiger partial charge in [0.05, 0.1) is 25.0 Å². The molecule has 0 bridgehead atoms. The monoisotopic (exact) mass is 505 g/mol. The fourth-order valence-electron chi connectivity index (χ4n) is 3.78. The lowest BCUT2D eigenvalue weighted by Gasteiger charge is -2.11. The summed E-state index contributed by atoms with van der Waals surface area (Å²) in [5, 5.41) is 13.4. The van der Waals surface area contributed by atoms with Crippen molar-refractivity contribution in [1.29, 1.82) is 0 Å². The molecule has 2 aromatic heterocycles. The molecule has 2 heterocycles. The van der Waals surface area contributed by atoms with Gasteiger partial charge in [0.25, 0.3) is 0 Å². The number of carbonyl (C=O) groups is 1. The SMILES string of the molecule is COc1cc(OCCCCc2cn(-c3ccc(C(F)(F)F)cn3)nc2C(C)C)ccc1CCC(=O)O. The quantitative estimate of drug-likeness (QED) is 0.312. The number of carboxylic acids is 1. The highest BCUT2D eigenvalue weighted by molar-refractivity contribution is 5.67. The maximum atomic E-state index is 12.8. The lowest BCUT2D eigenvalue weighted by molar-refractivity contribution is -0.138. The van der Waals surface area contributed by atoms with Gasteiger partial charge in [0.15, 0.2) is 5.82 Å². The predicted molar refractivity (Wildman–Crippen MR) is 128 cm³/mol. The van der Waals surface area contributed by atoms with Gasteiger partial charge in [-0.3, -0.25) is 4.79 Å². The number of pyridine rings is 1. The molecule has 0 saturated heterocycles. The number of hydrogen-bond acceptors (Lipinski definition) is 5. The molecule has 0 fully saturated rings. The number of carboxylic acid groups (broad SMARTS) is 1. The van der Waals surface area contributed by atoms with Crippen LogP contribution in [0.4, 0.5) is 13.2 Å². The lowest BCUT2D eigenvalue weighted by atomic mass is 10.0. The summed E-state index contributed by atoms with van der Waals surface area (Å²) in [6, 6.07) is 7.70. The normalized spacial score (nSPS) is 11.6. The number of aromatic nitrogens is 3. The average molecular weight is 506 g/mol. The predicted octanol–water partition coefficient (Wildman–Crippen LogP) is 5.84. The Balaban J connectivity index is 1.56. The van der Waals surface area contributed by atoms with Crippen LogP contribution in [0.2, 0.25) is 0 Å². The van der Waals surface area contributed by atoms with Crippen LogP contribution < -0.4 is 9.47 Å². The van der Waals surface area contributed by atoms with Crippen molar-refractivity contribution < 1.29 is 32.5 Å². The molecule has 3 rings (SSSR count). The minimum absolute atomic E-state index is 0.0282. The van der Waals surface area contributed by atoms with Crippen LogP contribution in [-0.2, 0) is 23.8 Å². The molecule has 0 aliphatic carbocycles. The third-order valence-corrected chi connectivity index (χ3v) is 5.66. The molecule has 1 N–H and O–H groups in total. The molecule has 0 spiro atoms. The molecule has 10 heteroatoms. The van der Waals surface area contributed by atoms with Crippen molar-refractivity contribution in [2.45, 2.75) is 58.0 Å². The smallest absolute Gasteiger partial charge is 0.417 e. The van der Waals surface area contributed by atoms with Gasteiger partial charge in [-0.05, 0) is 60.9 Å². The summed E-state index contributed by atoms with van der Waals surface area (Å²) in [5.41, 5.74) is 1.93. The second kappa shape index (κ2) is 11.9. The second-order valence-corrected chi connectivity index (χ2v) is 8.71. The topological polar surface area (TPSA) is 86.5 Å². The van der Waals surface area contributed by atoms with Gasteiger partial charge in [-0.15, -0.1) is 0 Å². The largest absolute Gasteiger partial charge is 0.496 e. The van der Waals surface area contributed by atoms with E-state index in [2.05, 4.69) is 10.1 Å². The van der Waals surface area contributed by atoms with E-state index < -0.39 is 17.7 Å². The number of unbranched alkanes of at least 4 members (excludes halogenated alkanes) is 1. The summed E-state index contributed by atoms with van der Waals surface area (Å²) >= 11 is 0. The van der Waals surface area contributed by atoms with Gasteiger partial charge in [0.2, 0.25) is 0 Å². The Labute approximate surface area is 207 Å². The number of halogens is 3. The third kappa shape index (κ3) is 7.22. The van der Waals surface area contributed by atoms with Crippen LogP contribution in [0, 0.1) is 0 Å². The molecule has 0 unspecified atom stereocenters. The molecule has 194 valence electrons. The van der Waals surface area contributed by atoms with Gasteiger partial charge in [-0.1, -0.05) is 19.9 Å². The summed E-state index contributed by atoms with van der Waals surface area (Å²) in [6.45, 7) is 4.53. The van der Waals surface area contributed by atoms with Crippen LogP contribution in [0.3, 0.4) is 0 Å². The van der Waals surface area contributed by atoms with Gasteiger partial charge in [-0.2, -0.15) is 18.3 Å². The molecule has 0 saturated carbocycles. The number of rotatable bonds is 12. The Kier molecular flexibility index (Phi) is 8.95. The first-order chi connectivity index (χ1) is 17.1. The maximum Gasteiger partial charge on any atom is 0.417 e. The van der Waals surface area contributed by atoms with Crippen LogP contribution in [0.5, 0.6) is 11.5 Å². The van der Waals surface area contributed by atoms with E-state index in [9.17, 15) is 18.0 Å². The molecule has 0 aliphatic rings. The first-order valence-corrected chi connectivity index (χ1v) is 11.7. The number of benzene rings is 1. The Hall–Kier alpha value is -3.56. The second-order valence-electron chi connectivity index (χ2n) is 8.71. The third-order valence-electron chi connectivity index (χ3n) is 5.66. The number of nitrogens with zero attached hydrogens (tertiary/aromatic N) is 3. The maximum absolute atomic E-state index is 12.8. The van der Waals surface area contributed by atoms with E-state index in [1.165, 1.54) is 17.9 Å². The molecule has 0 atom stereocenters. The van der Waals surface area contributed by atoms with Gasteiger partial charge >= 0.3 is 12.1 Å². The van der Waals surface area contributed by atoms with E-state index in [1.807, 2.05) is 26.1 Å². The fourth-order valence-corrected chi connectivity index (χ4v) is 3.78. The first kappa shape index (κ1) is 27.0. The van der Waals surface area contributed by atoms with Gasteiger partial charge in [-0.25, -0.2) is 9.67 Å². The Morgan fingerprint density at radius 2 is 1.89 bits per heavy atom. The zero-order valence-electron chi connectivity index (χ0n) is 20.5. The minimum Gasteiger partial charge on any atom is -0.496 e. The van der Waals surface area contributed by atoms with E-state index in [1.54, 1.807) is 12.1 Å². The van der Waals surface area contributed by atoms with E-state index in [-0.39, 0.29) is 12.3 Å². The van der Waals surface area contributed by atoms with Gasteiger partial charge < -0.3 is 14.6 Å². The molecule has 0 aliphatic heterocycles. The zero-order valence-corrected chi connectivity index (χ0v) is 20.5. The zero-order chi connectivity index (χ0) is 26.3. The van der Waals surface area contributed by atoms with Gasteiger partial charge in [0.1, 0.15) is 11.5 Å². The average Bonchev–Trinajstić information content (AvgIpc) is 3.27. The Morgan fingerprint density at radius 1 is 1.11 bits per heavy atom. The van der Waals surface area contributed by atoms with E-state index in [0.717, 1.165) is 48.3 Å². The molecule has 0 amide bonds. The van der Waals surface area contributed by atoms with Crippen molar-refractivity contribution in [3.8, 4) is 17.3 Å². The number of ether oxygens (including phenoxy) is 2. The van der Waals surface area contributed by atoms with Crippen molar-refractivity contribution in [3.05, 3.63) is 65.1 Å². The fraction of sp³-hybridized carbons (Fsp3) is 0.423. The van der Waals surface area contributed by atoms with Crippen molar-refractivity contribution >= 4 is 5.97 Å². The minimum atomic E-state index is -4.43. The standard InChI is InChI=1S/C26H30F3N3O4/c1-17(2)25-19(16-32(31-25)23-11-9-20(15-30-23)26(27,28)29)6-4-5-13-36-21-10-7-18(8-12-24(33)34)22(14-21)35-3/h7,9-11,14-17H,4-6,8,12-13H2,1-3H3,(H,33,34). The van der Waals surface area contributed by atoms with Crippen LogP contribution >= 0.6 is 0 Å². The van der Waals surface area contributed by atoms with Crippen LogP contribution in [-0.4, -0.2) is 39.6 Å². The van der Waals surface area contributed by atoms with Crippen molar-refractivity contribution in [2.24, 2.45) is 0 Å². The molecule has 36 heavy (non-hydrogen) atoms. The molecule has 1 aromatic carbocycles. The van der Waals surface area contributed by atoms with Crippen LogP contribution in [0.15, 0.2) is 42.7 Å². The van der Waals surface area contributed by atoms with E-state index in [4.69, 9.17) is 14.6 Å². The van der Waals surface area contributed by atoms with Gasteiger partial charge in [0, 0.05) is 24.9 Å². The number of alkyl halides is 3. The molecule has 3 aromatic rings. The van der Waals surface area contributed by atoms with E-state index >= 15 is 0 Å². The van der Waals surface area contributed by atoms with Crippen molar-refractivity contribution in [1.82, 2.24) is 14.8 Å². The number of hydrogen-bond donors (Lipinski definition) is 1. The molecular weight excluding hydrogens is 475 g/mol. The molecular formula is C26H30F3N3O4. The number of aryl methyl sites for hydroxylation is 2. The van der Waals surface area contributed by atoms with Crippen molar-refractivity contribution in [2.75, 3.05) is 13.7 Å². The Morgan fingerprint density at radius 3 is 2.50 bits per heavy atom. The molecule has 0 radical (unpaired) electrons. The first-order valence-electron chi connectivity index (χ1n) is 11.7. The summed E-state index contributed by atoms with van der Waals surface area (Å²) < 4.78 is 51.2. The summed E-state index contributed by atoms with van der Waals surface area (Å²) in [6.07, 6.45) is 0.981. The number of aliphatic carboxylic acids is 1.